The van der Waals surface area contributed by atoms with E-state index >= 15 is 0 Å². The summed E-state index contributed by atoms with van der Waals surface area (Å²) in [6, 6.07) is 3.38. The van der Waals surface area contributed by atoms with Crippen molar-refractivity contribution in [1.29, 1.82) is 0 Å². The monoisotopic (exact) mass is 181 g/mol. The molecule has 0 radical (unpaired) electrons. The largest absolute Gasteiger partial charge is 0.239 e. The number of hydrogen-bond donors (Lipinski definition) is 0. The van der Waals surface area contributed by atoms with Gasteiger partial charge >= 0.3 is 0 Å². The Hall–Kier alpha value is -1.80. The van der Waals surface area contributed by atoms with Crippen LogP contribution in [0.2, 0.25) is 0 Å². The number of carbonyl (C=O) groups excluding carboxylic acids is 1. The van der Waals surface area contributed by atoms with E-state index < -0.39 is 11.6 Å². The lowest BCUT2D eigenvalue weighted by Crippen LogP contribution is -1.83. The molecule has 0 amide bonds. The lowest BCUT2D eigenvalue weighted by atomic mass is 10.2. The molecule has 13 heavy (non-hydrogen) atoms. The molecule has 0 aliphatic rings. The zero-order valence-corrected chi connectivity index (χ0v) is 6.50. The maximum Gasteiger partial charge on any atom is 0.239 e. The van der Waals surface area contributed by atoms with Crippen LogP contribution in [-0.2, 0) is 4.79 Å². The number of isocyanates is 1. The van der Waals surface area contributed by atoms with Gasteiger partial charge in [0.2, 0.25) is 6.08 Å². The predicted molar refractivity (Wildman–Crippen MR) is 43.5 cm³/mol. The van der Waals surface area contributed by atoms with Gasteiger partial charge < -0.3 is 0 Å². The minimum Gasteiger partial charge on any atom is -0.211 e. The molecule has 0 heterocycles. The quantitative estimate of drug-likeness (QED) is 0.508. The molecule has 0 bridgehead atoms. The molecule has 0 saturated heterocycles. The average molecular weight is 181 g/mol. The van der Waals surface area contributed by atoms with Crippen LogP contribution in [0.5, 0.6) is 0 Å². The van der Waals surface area contributed by atoms with Crippen molar-refractivity contribution in [2.75, 3.05) is 0 Å². The first-order valence-electron chi connectivity index (χ1n) is 3.42. The molecule has 1 aromatic carbocycles. The van der Waals surface area contributed by atoms with Crippen LogP contribution in [0, 0.1) is 11.6 Å². The van der Waals surface area contributed by atoms with Gasteiger partial charge in [0.05, 0.1) is 0 Å². The summed E-state index contributed by atoms with van der Waals surface area (Å²) in [4.78, 5) is 12.8. The molecule has 0 spiro atoms. The summed E-state index contributed by atoms with van der Waals surface area (Å²) in [7, 11) is 0. The van der Waals surface area contributed by atoms with Gasteiger partial charge in [-0.3, -0.25) is 0 Å². The second-order valence-corrected chi connectivity index (χ2v) is 2.21. The molecule has 0 fully saturated rings. The second-order valence-electron chi connectivity index (χ2n) is 2.21. The zero-order chi connectivity index (χ0) is 9.68. The van der Waals surface area contributed by atoms with Crippen molar-refractivity contribution in [3.8, 4) is 0 Å². The molecule has 0 aliphatic heterocycles. The number of benzene rings is 1. The standard InChI is InChI=1S/C9H5F2NO/c10-8-2-1-7(5-9(8)11)3-4-12-6-13/h1-5H/b4-3-. The summed E-state index contributed by atoms with van der Waals surface area (Å²) in [6.45, 7) is 0. The highest BCUT2D eigenvalue weighted by molar-refractivity contribution is 5.50. The molecule has 0 aliphatic carbocycles. The summed E-state index contributed by atoms with van der Waals surface area (Å²) in [5, 5.41) is 0. The molecule has 0 N–H and O–H groups in total. The fraction of sp³-hybridized carbons (Fsp3) is 0. The van der Waals surface area contributed by atoms with E-state index in [1.165, 1.54) is 18.2 Å². The first-order valence-corrected chi connectivity index (χ1v) is 3.42. The van der Waals surface area contributed by atoms with E-state index in [9.17, 15) is 13.6 Å². The maximum absolute atomic E-state index is 12.6. The van der Waals surface area contributed by atoms with Crippen LogP contribution in [-0.4, -0.2) is 6.08 Å². The molecule has 0 saturated carbocycles. The third kappa shape index (κ3) is 2.61. The number of hydrogen-bond acceptors (Lipinski definition) is 2. The third-order valence-corrected chi connectivity index (χ3v) is 1.34. The van der Waals surface area contributed by atoms with Crippen LogP contribution in [0.15, 0.2) is 29.4 Å². The second kappa shape index (κ2) is 4.28. The lowest BCUT2D eigenvalue weighted by molar-refractivity contribution is 0.508. The Balaban J connectivity index is 2.91. The SMILES string of the molecule is O=C=N/C=C\c1ccc(F)c(F)c1. The molecule has 4 heteroatoms. The highest BCUT2D eigenvalue weighted by Gasteiger charge is 1.99. The van der Waals surface area contributed by atoms with Crippen molar-refractivity contribution in [3.63, 3.8) is 0 Å². The fourth-order valence-electron chi connectivity index (χ4n) is 0.770. The van der Waals surface area contributed by atoms with Crippen LogP contribution in [0.3, 0.4) is 0 Å². The van der Waals surface area contributed by atoms with Gasteiger partial charge in [0.15, 0.2) is 11.6 Å². The Labute approximate surface area is 73.2 Å². The number of aliphatic imine (C=N–C) groups is 1. The Morgan fingerprint density at radius 3 is 2.69 bits per heavy atom. The van der Waals surface area contributed by atoms with E-state index in [0.29, 0.717) is 5.56 Å². The van der Waals surface area contributed by atoms with Crippen molar-refractivity contribution in [2.24, 2.45) is 4.99 Å². The summed E-state index contributed by atoms with van der Waals surface area (Å²) >= 11 is 0. The van der Waals surface area contributed by atoms with Crippen molar-refractivity contribution in [3.05, 3.63) is 41.6 Å². The molecule has 2 nitrogen and oxygen atoms in total. The smallest absolute Gasteiger partial charge is 0.211 e. The fourth-order valence-corrected chi connectivity index (χ4v) is 0.770. The van der Waals surface area contributed by atoms with Crippen LogP contribution in [0.1, 0.15) is 5.56 Å². The maximum atomic E-state index is 12.6. The van der Waals surface area contributed by atoms with E-state index in [0.717, 1.165) is 18.3 Å². The molecular formula is C9H5F2NO. The Morgan fingerprint density at radius 2 is 2.08 bits per heavy atom. The van der Waals surface area contributed by atoms with Gasteiger partial charge in [-0.05, 0) is 23.8 Å². The minimum atomic E-state index is -0.933. The summed E-state index contributed by atoms with van der Waals surface area (Å²) < 4.78 is 25.0. The molecule has 0 aromatic heterocycles. The summed E-state index contributed by atoms with van der Waals surface area (Å²) in [5.41, 5.74) is 0.429. The molecule has 1 rings (SSSR count). The Kier molecular flexibility index (Phi) is 3.06. The highest BCUT2D eigenvalue weighted by atomic mass is 19.2. The van der Waals surface area contributed by atoms with Gasteiger partial charge in [0, 0.05) is 6.20 Å². The molecular weight excluding hydrogens is 176 g/mol. The van der Waals surface area contributed by atoms with E-state index in [1.807, 2.05) is 0 Å². The van der Waals surface area contributed by atoms with Crippen LogP contribution in [0.25, 0.3) is 6.08 Å². The Bertz CT molecular complexity index is 381. The van der Waals surface area contributed by atoms with Crippen molar-refractivity contribution in [2.45, 2.75) is 0 Å². The molecule has 66 valence electrons. The molecule has 0 atom stereocenters. The normalized spacial score (nSPS) is 10.0. The van der Waals surface area contributed by atoms with E-state index in [4.69, 9.17) is 0 Å². The van der Waals surface area contributed by atoms with Gasteiger partial charge in [0.25, 0.3) is 0 Å². The molecule has 1 aromatic rings. The van der Waals surface area contributed by atoms with Gasteiger partial charge in [-0.2, -0.15) is 4.99 Å². The molecule has 0 unspecified atom stereocenters. The van der Waals surface area contributed by atoms with Gasteiger partial charge in [0.1, 0.15) is 0 Å². The van der Waals surface area contributed by atoms with Gasteiger partial charge in [-0.15, -0.1) is 0 Å². The topological polar surface area (TPSA) is 29.4 Å². The van der Waals surface area contributed by atoms with E-state index in [-0.39, 0.29) is 0 Å². The third-order valence-electron chi connectivity index (χ3n) is 1.34. The minimum absolute atomic E-state index is 0.429. The van der Waals surface area contributed by atoms with Crippen LogP contribution >= 0.6 is 0 Å². The van der Waals surface area contributed by atoms with Crippen molar-refractivity contribution in [1.82, 2.24) is 0 Å². The first kappa shape index (κ1) is 9.29. The van der Waals surface area contributed by atoms with E-state index in [2.05, 4.69) is 4.99 Å². The van der Waals surface area contributed by atoms with E-state index in [1.54, 1.807) is 0 Å². The van der Waals surface area contributed by atoms with Crippen molar-refractivity contribution >= 4 is 12.2 Å². The number of rotatable bonds is 2. The number of halogens is 2. The van der Waals surface area contributed by atoms with Crippen LogP contribution < -0.4 is 0 Å². The Morgan fingerprint density at radius 1 is 1.31 bits per heavy atom. The van der Waals surface area contributed by atoms with Crippen LogP contribution in [0.4, 0.5) is 8.78 Å². The van der Waals surface area contributed by atoms with Gasteiger partial charge in [-0.25, -0.2) is 13.6 Å². The van der Waals surface area contributed by atoms with Gasteiger partial charge in [-0.1, -0.05) is 6.07 Å². The lowest BCUT2D eigenvalue weighted by Gasteiger charge is -1.93. The van der Waals surface area contributed by atoms with Crippen molar-refractivity contribution < 1.29 is 13.6 Å². The highest BCUT2D eigenvalue weighted by Crippen LogP contribution is 2.09. The zero-order valence-electron chi connectivity index (χ0n) is 6.50. The summed E-state index contributed by atoms with van der Waals surface area (Å²) in [5.74, 6) is -1.84. The average Bonchev–Trinajstić information content (AvgIpc) is 2.12. The number of nitrogens with zero attached hydrogens (tertiary/aromatic N) is 1. The first-order chi connectivity index (χ1) is 6.24. The summed E-state index contributed by atoms with van der Waals surface area (Å²) in [6.07, 6.45) is 3.81. The predicted octanol–water partition coefficient (Wildman–Crippen LogP) is 2.27.